The SMILES string of the molecule is CC(C)CC(=O)N1CC[C@@](Cc2ccccc2-c2ccncc2)(C(N)=O)C1. The summed E-state index contributed by atoms with van der Waals surface area (Å²) in [5.74, 6) is 0.0796. The van der Waals surface area contributed by atoms with Crippen LogP contribution in [0.15, 0.2) is 48.8 Å². The van der Waals surface area contributed by atoms with Gasteiger partial charge in [-0.15, -0.1) is 0 Å². The minimum absolute atomic E-state index is 0.107. The predicted octanol–water partition coefficient (Wildman–Crippen LogP) is 3.04. The van der Waals surface area contributed by atoms with Gasteiger partial charge in [-0.1, -0.05) is 38.1 Å². The van der Waals surface area contributed by atoms with Crippen molar-refractivity contribution in [3.05, 3.63) is 54.4 Å². The zero-order valence-corrected chi connectivity index (χ0v) is 16.0. The zero-order valence-electron chi connectivity index (χ0n) is 16.0. The van der Waals surface area contributed by atoms with Crippen molar-refractivity contribution in [1.82, 2.24) is 9.88 Å². The molecule has 1 saturated heterocycles. The second-order valence-electron chi connectivity index (χ2n) is 7.88. The maximum absolute atomic E-state index is 12.5. The smallest absolute Gasteiger partial charge is 0.225 e. The second-order valence-corrected chi connectivity index (χ2v) is 7.88. The lowest BCUT2D eigenvalue weighted by Gasteiger charge is -2.27. The molecule has 1 fully saturated rings. The Balaban J connectivity index is 1.87. The number of nitrogens with zero attached hydrogens (tertiary/aromatic N) is 2. The van der Waals surface area contributed by atoms with Crippen molar-refractivity contribution >= 4 is 11.8 Å². The molecule has 27 heavy (non-hydrogen) atoms. The zero-order chi connectivity index (χ0) is 19.4. The van der Waals surface area contributed by atoms with Crippen LogP contribution in [0, 0.1) is 11.3 Å². The molecule has 2 aromatic rings. The summed E-state index contributed by atoms with van der Waals surface area (Å²) in [5.41, 5.74) is 8.34. The normalized spacial score (nSPS) is 19.4. The number of carbonyl (C=O) groups excluding carboxylic acids is 2. The van der Waals surface area contributed by atoms with Crippen LogP contribution in [0.5, 0.6) is 0 Å². The lowest BCUT2D eigenvalue weighted by Crippen LogP contribution is -2.42. The van der Waals surface area contributed by atoms with Crippen molar-refractivity contribution in [2.75, 3.05) is 13.1 Å². The fourth-order valence-corrected chi connectivity index (χ4v) is 3.85. The Morgan fingerprint density at radius 2 is 1.89 bits per heavy atom. The first-order valence-corrected chi connectivity index (χ1v) is 9.47. The molecule has 142 valence electrons. The van der Waals surface area contributed by atoms with Crippen molar-refractivity contribution in [2.24, 2.45) is 17.1 Å². The molecule has 5 nitrogen and oxygen atoms in total. The van der Waals surface area contributed by atoms with E-state index in [2.05, 4.69) is 11.1 Å². The van der Waals surface area contributed by atoms with Crippen molar-refractivity contribution in [1.29, 1.82) is 0 Å². The van der Waals surface area contributed by atoms with E-state index in [9.17, 15) is 9.59 Å². The topological polar surface area (TPSA) is 76.3 Å². The number of likely N-dealkylation sites (tertiary alicyclic amines) is 1. The maximum atomic E-state index is 12.5. The Kier molecular flexibility index (Phi) is 5.59. The standard InChI is InChI=1S/C22H27N3O2/c1-16(2)13-20(26)25-12-9-22(15-25,21(23)27)14-18-5-3-4-6-19(18)17-7-10-24-11-8-17/h3-8,10-11,16H,9,12-15H2,1-2H3,(H2,23,27)/t22-/m0/s1. The Morgan fingerprint density at radius 3 is 2.56 bits per heavy atom. The van der Waals surface area contributed by atoms with Crippen molar-refractivity contribution in [3.8, 4) is 11.1 Å². The quantitative estimate of drug-likeness (QED) is 0.855. The summed E-state index contributed by atoms with van der Waals surface area (Å²) in [7, 11) is 0. The van der Waals surface area contributed by atoms with Crippen LogP contribution >= 0.6 is 0 Å². The number of hydrogen-bond donors (Lipinski definition) is 1. The minimum atomic E-state index is -0.713. The molecule has 1 atom stereocenters. The molecule has 3 rings (SSSR count). The average molecular weight is 365 g/mol. The molecule has 0 saturated carbocycles. The van der Waals surface area contributed by atoms with Gasteiger partial charge in [0.2, 0.25) is 11.8 Å². The highest BCUT2D eigenvalue weighted by atomic mass is 16.2. The van der Waals surface area contributed by atoms with E-state index in [0.29, 0.717) is 38.3 Å². The molecule has 1 aliphatic rings. The Morgan fingerprint density at radius 1 is 1.19 bits per heavy atom. The van der Waals surface area contributed by atoms with E-state index in [0.717, 1.165) is 16.7 Å². The van der Waals surface area contributed by atoms with Gasteiger partial charge in [-0.2, -0.15) is 0 Å². The fourth-order valence-electron chi connectivity index (χ4n) is 3.85. The number of amides is 2. The molecule has 1 aliphatic heterocycles. The number of benzene rings is 1. The van der Waals surface area contributed by atoms with Crippen LogP contribution < -0.4 is 5.73 Å². The summed E-state index contributed by atoms with van der Waals surface area (Å²) in [6, 6.07) is 12.0. The first-order valence-electron chi connectivity index (χ1n) is 9.47. The van der Waals surface area contributed by atoms with Crippen molar-refractivity contribution < 1.29 is 9.59 Å². The number of pyridine rings is 1. The lowest BCUT2D eigenvalue weighted by molar-refractivity contribution is -0.132. The summed E-state index contributed by atoms with van der Waals surface area (Å²) in [5, 5.41) is 0. The van der Waals surface area contributed by atoms with Crippen LogP contribution in [-0.2, 0) is 16.0 Å². The monoisotopic (exact) mass is 365 g/mol. The van der Waals surface area contributed by atoms with E-state index in [-0.39, 0.29) is 11.8 Å². The van der Waals surface area contributed by atoms with Gasteiger partial charge in [0.05, 0.1) is 5.41 Å². The predicted molar refractivity (Wildman–Crippen MR) is 106 cm³/mol. The third kappa shape index (κ3) is 4.18. The third-order valence-corrected chi connectivity index (χ3v) is 5.35. The van der Waals surface area contributed by atoms with Crippen LogP contribution in [0.2, 0.25) is 0 Å². The van der Waals surface area contributed by atoms with Crippen LogP contribution in [0.25, 0.3) is 11.1 Å². The molecular formula is C22H27N3O2. The van der Waals surface area contributed by atoms with Gasteiger partial charge in [0.25, 0.3) is 0 Å². The van der Waals surface area contributed by atoms with Gasteiger partial charge in [-0.25, -0.2) is 0 Å². The highest BCUT2D eigenvalue weighted by Gasteiger charge is 2.45. The van der Waals surface area contributed by atoms with Crippen LogP contribution in [0.1, 0.15) is 32.3 Å². The number of hydrogen-bond acceptors (Lipinski definition) is 3. The summed E-state index contributed by atoms with van der Waals surface area (Å²) in [4.78, 5) is 30.8. The van der Waals surface area contributed by atoms with Gasteiger partial charge in [0.1, 0.15) is 0 Å². The van der Waals surface area contributed by atoms with E-state index in [1.54, 1.807) is 17.3 Å². The van der Waals surface area contributed by atoms with Crippen molar-refractivity contribution in [2.45, 2.75) is 33.1 Å². The Bertz CT molecular complexity index is 819. The highest BCUT2D eigenvalue weighted by Crippen LogP contribution is 2.37. The van der Waals surface area contributed by atoms with E-state index in [4.69, 9.17) is 5.73 Å². The number of nitrogens with two attached hydrogens (primary N) is 1. The van der Waals surface area contributed by atoms with E-state index in [1.807, 2.05) is 44.2 Å². The van der Waals surface area contributed by atoms with E-state index >= 15 is 0 Å². The van der Waals surface area contributed by atoms with Crippen LogP contribution in [0.4, 0.5) is 0 Å². The lowest BCUT2D eigenvalue weighted by atomic mass is 9.78. The second kappa shape index (κ2) is 7.91. The molecule has 2 amide bonds. The van der Waals surface area contributed by atoms with Gasteiger partial charge in [0, 0.05) is 31.9 Å². The van der Waals surface area contributed by atoms with Gasteiger partial charge < -0.3 is 10.6 Å². The summed E-state index contributed by atoms with van der Waals surface area (Å²) in [6.45, 7) is 5.05. The summed E-state index contributed by atoms with van der Waals surface area (Å²) in [6.07, 6.45) is 5.17. The van der Waals surface area contributed by atoms with Gasteiger partial charge in [-0.3, -0.25) is 14.6 Å². The number of rotatable bonds is 6. The first-order chi connectivity index (χ1) is 12.9. The van der Waals surface area contributed by atoms with Gasteiger partial charge in [0.15, 0.2) is 0 Å². The van der Waals surface area contributed by atoms with Crippen LogP contribution in [0.3, 0.4) is 0 Å². The maximum Gasteiger partial charge on any atom is 0.225 e. The molecule has 1 aromatic heterocycles. The van der Waals surface area contributed by atoms with Gasteiger partial charge in [-0.05, 0) is 47.6 Å². The molecule has 1 aromatic carbocycles. The molecule has 0 spiro atoms. The summed E-state index contributed by atoms with van der Waals surface area (Å²) < 4.78 is 0. The molecule has 2 heterocycles. The number of carbonyl (C=O) groups is 2. The molecular weight excluding hydrogens is 338 g/mol. The number of aromatic nitrogens is 1. The van der Waals surface area contributed by atoms with Crippen LogP contribution in [-0.4, -0.2) is 34.8 Å². The molecule has 0 bridgehead atoms. The first kappa shape index (κ1) is 19.1. The average Bonchev–Trinajstić information content (AvgIpc) is 3.08. The molecule has 0 aliphatic carbocycles. The minimum Gasteiger partial charge on any atom is -0.369 e. The fraction of sp³-hybridized carbons (Fsp3) is 0.409. The highest BCUT2D eigenvalue weighted by molar-refractivity contribution is 5.85. The third-order valence-electron chi connectivity index (χ3n) is 5.35. The molecule has 0 radical (unpaired) electrons. The van der Waals surface area contributed by atoms with Crippen molar-refractivity contribution in [3.63, 3.8) is 0 Å². The van der Waals surface area contributed by atoms with E-state index in [1.165, 1.54) is 0 Å². The molecule has 0 unspecified atom stereocenters. The Labute approximate surface area is 160 Å². The Hall–Kier alpha value is -2.69. The molecule has 2 N–H and O–H groups in total. The molecule has 5 heteroatoms. The largest absolute Gasteiger partial charge is 0.369 e. The van der Waals surface area contributed by atoms with Gasteiger partial charge >= 0.3 is 0 Å². The van der Waals surface area contributed by atoms with E-state index < -0.39 is 5.41 Å². The summed E-state index contributed by atoms with van der Waals surface area (Å²) >= 11 is 0. The number of primary amides is 1.